The van der Waals surface area contributed by atoms with Crippen molar-refractivity contribution in [1.82, 2.24) is 15.3 Å². The molecule has 0 spiro atoms. The van der Waals surface area contributed by atoms with Crippen molar-refractivity contribution in [2.45, 2.75) is 50.7 Å². The van der Waals surface area contributed by atoms with Crippen LogP contribution in [-0.4, -0.2) is 40.0 Å². The molecule has 1 rings (SSSR count). The van der Waals surface area contributed by atoms with Gasteiger partial charge in [-0.1, -0.05) is 18.2 Å². The number of aromatic nitrogens is 2. The van der Waals surface area contributed by atoms with E-state index < -0.39 is 0 Å². The van der Waals surface area contributed by atoms with E-state index in [1.54, 1.807) is 11.8 Å². The van der Waals surface area contributed by atoms with Crippen LogP contribution in [-0.2, 0) is 0 Å². The van der Waals surface area contributed by atoms with Gasteiger partial charge in [0.25, 0.3) is 0 Å². The maximum Gasteiger partial charge on any atom is 0.187 e. The lowest BCUT2D eigenvalue weighted by Gasteiger charge is -2.26. The molecule has 0 amide bonds. The summed E-state index contributed by atoms with van der Waals surface area (Å²) in [5, 5.41) is 13.3. The van der Waals surface area contributed by atoms with E-state index in [4.69, 9.17) is 0 Å². The molecular formula is C14H25N3OS. The molecule has 4 nitrogen and oxygen atoms in total. The highest BCUT2D eigenvalue weighted by Gasteiger charge is 2.19. The summed E-state index contributed by atoms with van der Waals surface area (Å²) < 4.78 is 0. The number of likely N-dealkylation sites (N-methyl/N-ethyl adjacent to an activating group) is 1. The third-order valence-corrected chi connectivity index (χ3v) is 4.20. The average Bonchev–Trinajstić information content (AvgIpc) is 2.37. The summed E-state index contributed by atoms with van der Waals surface area (Å²) >= 11 is 1.71. The van der Waals surface area contributed by atoms with Gasteiger partial charge in [0.15, 0.2) is 5.16 Å². The molecular weight excluding hydrogens is 258 g/mol. The zero-order valence-corrected chi connectivity index (χ0v) is 13.2. The SMILES string of the molecule is CNC(C)(CO)CCCCSc1nc(C)cc(C)n1. The highest BCUT2D eigenvalue weighted by atomic mass is 32.2. The van der Waals surface area contributed by atoms with Crippen LogP contribution in [0.25, 0.3) is 0 Å². The van der Waals surface area contributed by atoms with E-state index in [1.165, 1.54) is 0 Å². The minimum absolute atomic E-state index is 0.152. The molecule has 0 aromatic carbocycles. The van der Waals surface area contributed by atoms with E-state index in [1.807, 2.05) is 33.9 Å². The topological polar surface area (TPSA) is 58.0 Å². The van der Waals surface area contributed by atoms with E-state index in [0.717, 1.165) is 41.6 Å². The molecule has 0 aliphatic heterocycles. The first kappa shape index (κ1) is 16.4. The molecule has 1 unspecified atom stereocenters. The molecule has 0 fully saturated rings. The van der Waals surface area contributed by atoms with Crippen LogP contribution >= 0.6 is 11.8 Å². The molecule has 0 radical (unpaired) electrons. The largest absolute Gasteiger partial charge is 0.394 e. The standard InChI is InChI=1S/C14H25N3OS/c1-11-9-12(2)17-13(16-11)19-8-6-5-7-14(3,10-18)15-4/h9,15,18H,5-8,10H2,1-4H3. The van der Waals surface area contributed by atoms with Gasteiger partial charge in [-0.15, -0.1) is 0 Å². The predicted molar refractivity (Wildman–Crippen MR) is 80.6 cm³/mol. The molecule has 0 saturated heterocycles. The number of nitrogens with one attached hydrogen (secondary N) is 1. The Labute approximate surface area is 120 Å². The van der Waals surface area contributed by atoms with E-state index >= 15 is 0 Å². The molecule has 0 aliphatic rings. The van der Waals surface area contributed by atoms with Crippen molar-refractivity contribution in [2.24, 2.45) is 0 Å². The molecule has 2 N–H and O–H groups in total. The van der Waals surface area contributed by atoms with Crippen LogP contribution in [0.5, 0.6) is 0 Å². The number of nitrogens with zero attached hydrogens (tertiary/aromatic N) is 2. The molecule has 5 heteroatoms. The summed E-state index contributed by atoms with van der Waals surface area (Å²) in [6, 6.07) is 1.99. The second-order valence-corrected chi connectivity index (χ2v) is 6.27. The summed E-state index contributed by atoms with van der Waals surface area (Å²) in [7, 11) is 1.90. The van der Waals surface area contributed by atoms with Gasteiger partial charge in [-0.05, 0) is 46.7 Å². The quantitative estimate of drug-likeness (QED) is 0.436. The van der Waals surface area contributed by atoms with Gasteiger partial charge in [0, 0.05) is 22.7 Å². The van der Waals surface area contributed by atoms with E-state index in [2.05, 4.69) is 15.3 Å². The molecule has 19 heavy (non-hydrogen) atoms. The number of aryl methyl sites for hydroxylation is 2. The Hall–Kier alpha value is -0.650. The van der Waals surface area contributed by atoms with Crippen LogP contribution < -0.4 is 5.32 Å². The van der Waals surface area contributed by atoms with Crippen molar-refractivity contribution in [3.63, 3.8) is 0 Å². The summed E-state index contributed by atoms with van der Waals surface area (Å²) in [6.07, 6.45) is 3.18. The second kappa shape index (κ2) is 7.82. The Bertz CT molecular complexity index is 374. The van der Waals surface area contributed by atoms with Crippen molar-refractivity contribution in [1.29, 1.82) is 0 Å². The highest BCUT2D eigenvalue weighted by molar-refractivity contribution is 7.99. The molecule has 1 heterocycles. The van der Waals surface area contributed by atoms with Crippen LogP contribution in [0.2, 0.25) is 0 Å². The van der Waals surface area contributed by atoms with Crippen molar-refractivity contribution < 1.29 is 5.11 Å². The lowest BCUT2D eigenvalue weighted by atomic mass is 9.96. The molecule has 1 atom stereocenters. The lowest BCUT2D eigenvalue weighted by Crippen LogP contribution is -2.43. The maximum atomic E-state index is 9.29. The fourth-order valence-corrected chi connectivity index (χ4v) is 2.77. The summed E-state index contributed by atoms with van der Waals surface area (Å²) in [4.78, 5) is 8.82. The summed E-state index contributed by atoms with van der Waals surface area (Å²) in [5.41, 5.74) is 1.90. The third-order valence-electron chi connectivity index (χ3n) is 3.27. The zero-order valence-electron chi connectivity index (χ0n) is 12.4. The van der Waals surface area contributed by atoms with Gasteiger partial charge >= 0.3 is 0 Å². The normalized spacial score (nSPS) is 14.4. The molecule has 0 aliphatic carbocycles. The van der Waals surface area contributed by atoms with Crippen LogP contribution in [0.4, 0.5) is 0 Å². The van der Waals surface area contributed by atoms with Gasteiger partial charge in [0.05, 0.1) is 6.61 Å². The molecule has 0 bridgehead atoms. The third kappa shape index (κ3) is 5.89. The zero-order chi connectivity index (χ0) is 14.3. The molecule has 0 saturated carbocycles. The molecule has 1 aromatic rings. The second-order valence-electron chi connectivity index (χ2n) is 5.21. The number of aliphatic hydroxyl groups is 1. The Kier molecular flexibility index (Phi) is 6.75. The predicted octanol–water partition coefficient (Wildman–Crippen LogP) is 2.33. The smallest absolute Gasteiger partial charge is 0.187 e. The minimum Gasteiger partial charge on any atom is -0.394 e. The maximum absolute atomic E-state index is 9.29. The van der Waals surface area contributed by atoms with Crippen molar-refractivity contribution in [3.8, 4) is 0 Å². The van der Waals surface area contributed by atoms with Crippen LogP contribution in [0.1, 0.15) is 37.6 Å². The Balaban J connectivity index is 2.27. The minimum atomic E-state index is -0.152. The van der Waals surface area contributed by atoms with Gasteiger partial charge in [-0.25, -0.2) is 9.97 Å². The number of thioether (sulfide) groups is 1. The van der Waals surface area contributed by atoms with E-state index in [9.17, 15) is 5.11 Å². The van der Waals surface area contributed by atoms with Crippen molar-refractivity contribution in [3.05, 3.63) is 17.5 Å². The van der Waals surface area contributed by atoms with Gasteiger partial charge < -0.3 is 10.4 Å². The first-order valence-electron chi connectivity index (χ1n) is 6.74. The van der Waals surface area contributed by atoms with Gasteiger partial charge in [-0.2, -0.15) is 0 Å². The average molecular weight is 283 g/mol. The Morgan fingerprint density at radius 3 is 2.42 bits per heavy atom. The summed E-state index contributed by atoms with van der Waals surface area (Å²) in [5.74, 6) is 1.02. The monoisotopic (exact) mass is 283 g/mol. The van der Waals surface area contributed by atoms with Crippen LogP contribution in [0, 0.1) is 13.8 Å². The Morgan fingerprint density at radius 2 is 1.89 bits per heavy atom. The highest BCUT2D eigenvalue weighted by Crippen LogP contribution is 2.18. The number of hydrogen-bond acceptors (Lipinski definition) is 5. The van der Waals surface area contributed by atoms with Crippen LogP contribution in [0.3, 0.4) is 0 Å². The fraction of sp³-hybridized carbons (Fsp3) is 0.714. The summed E-state index contributed by atoms with van der Waals surface area (Å²) in [6.45, 7) is 6.22. The number of hydrogen-bond donors (Lipinski definition) is 2. The van der Waals surface area contributed by atoms with Crippen molar-refractivity contribution >= 4 is 11.8 Å². The van der Waals surface area contributed by atoms with Gasteiger partial charge in [0.2, 0.25) is 0 Å². The number of unbranched alkanes of at least 4 members (excludes halogenated alkanes) is 1. The van der Waals surface area contributed by atoms with E-state index in [0.29, 0.717) is 0 Å². The van der Waals surface area contributed by atoms with Gasteiger partial charge in [-0.3, -0.25) is 0 Å². The van der Waals surface area contributed by atoms with Crippen LogP contribution in [0.15, 0.2) is 11.2 Å². The number of rotatable bonds is 8. The number of aliphatic hydroxyl groups excluding tert-OH is 1. The van der Waals surface area contributed by atoms with Gasteiger partial charge in [0.1, 0.15) is 0 Å². The first-order chi connectivity index (χ1) is 8.99. The van der Waals surface area contributed by atoms with Crippen molar-refractivity contribution in [2.75, 3.05) is 19.4 Å². The molecule has 108 valence electrons. The lowest BCUT2D eigenvalue weighted by molar-refractivity contribution is 0.171. The Morgan fingerprint density at radius 1 is 1.26 bits per heavy atom. The first-order valence-corrected chi connectivity index (χ1v) is 7.72. The molecule has 1 aromatic heterocycles. The fourth-order valence-electron chi connectivity index (χ4n) is 1.82. The van der Waals surface area contributed by atoms with E-state index in [-0.39, 0.29) is 12.1 Å².